The molecule has 0 saturated carbocycles. The van der Waals surface area contributed by atoms with Crippen LogP contribution >= 0.6 is 0 Å². The summed E-state index contributed by atoms with van der Waals surface area (Å²) in [7, 11) is 0. The first-order valence-corrected chi connectivity index (χ1v) is 7.57. The monoisotopic (exact) mass is 336 g/mol. The number of rotatable bonds is 6. The molecule has 0 saturated heterocycles. The molecule has 0 bridgehead atoms. The Morgan fingerprint density at radius 2 is 1.79 bits per heavy atom. The second-order valence-electron chi connectivity index (χ2n) is 5.49. The van der Waals surface area contributed by atoms with E-state index >= 15 is 0 Å². The Morgan fingerprint density at radius 1 is 1.08 bits per heavy atom. The molecule has 2 rings (SSSR count). The van der Waals surface area contributed by atoms with E-state index in [1.165, 1.54) is 6.07 Å². The average Bonchev–Trinajstić information content (AvgIpc) is 2.58. The Kier molecular flexibility index (Phi) is 5.98. The second-order valence-corrected chi connectivity index (χ2v) is 5.49. The van der Waals surface area contributed by atoms with Crippen molar-refractivity contribution >= 4 is 5.91 Å². The van der Waals surface area contributed by atoms with E-state index in [1.807, 2.05) is 30.3 Å². The normalized spacial score (nSPS) is 12.7. The van der Waals surface area contributed by atoms with Crippen LogP contribution in [0, 0.1) is 0 Å². The standard InChI is InChI=1S/C18H19F3N2O/c1-13(15-8-5-9-16(10-15)18(19,20)21)22-12-17(24)23-11-14-6-3-2-4-7-14/h2-10,13,22H,11-12H2,1H3,(H,23,24)/t13-/m1/s1. The third-order valence-corrected chi connectivity index (χ3v) is 3.62. The zero-order valence-corrected chi connectivity index (χ0v) is 13.2. The fraction of sp³-hybridized carbons (Fsp3) is 0.278. The maximum Gasteiger partial charge on any atom is 0.416 e. The van der Waals surface area contributed by atoms with Gasteiger partial charge >= 0.3 is 6.18 Å². The third-order valence-electron chi connectivity index (χ3n) is 3.62. The molecule has 0 aliphatic carbocycles. The van der Waals surface area contributed by atoms with Crippen molar-refractivity contribution in [2.75, 3.05) is 6.54 Å². The molecule has 0 aliphatic rings. The number of hydrogen-bond donors (Lipinski definition) is 2. The molecule has 0 radical (unpaired) electrons. The van der Waals surface area contributed by atoms with Gasteiger partial charge in [-0.05, 0) is 30.2 Å². The molecule has 1 atom stereocenters. The van der Waals surface area contributed by atoms with Crippen molar-refractivity contribution in [3.8, 4) is 0 Å². The minimum Gasteiger partial charge on any atom is -0.351 e. The number of hydrogen-bond acceptors (Lipinski definition) is 2. The highest BCUT2D eigenvalue weighted by atomic mass is 19.4. The van der Waals surface area contributed by atoms with Gasteiger partial charge in [0.25, 0.3) is 0 Å². The molecule has 2 aromatic carbocycles. The summed E-state index contributed by atoms with van der Waals surface area (Å²) in [4.78, 5) is 11.8. The van der Waals surface area contributed by atoms with Gasteiger partial charge in [-0.3, -0.25) is 4.79 Å². The SMILES string of the molecule is C[C@@H](NCC(=O)NCc1ccccc1)c1cccc(C(F)(F)F)c1. The molecule has 0 fully saturated rings. The number of carbonyl (C=O) groups excluding carboxylic acids is 1. The Hall–Kier alpha value is -2.34. The number of carbonyl (C=O) groups is 1. The lowest BCUT2D eigenvalue weighted by molar-refractivity contribution is -0.137. The molecule has 0 aromatic heterocycles. The van der Waals surface area contributed by atoms with Crippen LogP contribution in [-0.2, 0) is 17.5 Å². The van der Waals surface area contributed by atoms with Crippen molar-refractivity contribution in [1.29, 1.82) is 0 Å². The van der Waals surface area contributed by atoms with Gasteiger partial charge in [0.1, 0.15) is 0 Å². The molecule has 3 nitrogen and oxygen atoms in total. The summed E-state index contributed by atoms with van der Waals surface area (Å²) in [5.74, 6) is -0.210. The number of benzene rings is 2. The maximum absolute atomic E-state index is 12.7. The molecular weight excluding hydrogens is 317 g/mol. The van der Waals surface area contributed by atoms with Crippen LogP contribution in [0.5, 0.6) is 0 Å². The van der Waals surface area contributed by atoms with E-state index in [2.05, 4.69) is 10.6 Å². The van der Waals surface area contributed by atoms with Crippen LogP contribution < -0.4 is 10.6 Å². The smallest absolute Gasteiger partial charge is 0.351 e. The quantitative estimate of drug-likeness (QED) is 0.845. The molecule has 0 unspecified atom stereocenters. The zero-order chi connectivity index (χ0) is 17.6. The fourth-order valence-corrected chi connectivity index (χ4v) is 2.21. The summed E-state index contributed by atoms with van der Waals surface area (Å²) in [5.41, 5.74) is 0.777. The Balaban J connectivity index is 1.84. The number of amides is 1. The molecule has 2 N–H and O–H groups in total. The van der Waals surface area contributed by atoms with Crippen molar-refractivity contribution in [3.63, 3.8) is 0 Å². The topological polar surface area (TPSA) is 41.1 Å². The summed E-state index contributed by atoms with van der Waals surface area (Å²) < 4.78 is 38.2. The van der Waals surface area contributed by atoms with Crippen molar-refractivity contribution in [3.05, 3.63) is 71.3 Å². The van der Waals surface area contributed by atoms with Gasteiger partial charge in [-0.15, -0.1) is 0 Å². The lowest BCUT2D eigenvalue weighted by atomic mass is 10.0. The van der Waals surface area contributed by atoms with Crippen LogP contribution in [0.3, 0.4) is 0 Å². The Bertz CT molecular complexity index is 671. The summed E-state index contributed by atoms with van der Waals surface area (Å²) in [5, 5.41) is 5.69. The van der Waals surface area contributed by atoms with E-state index < -0.39 is 11.7 Å². The largest absolute Gasteiger partial charge is 0.416 e. The predicted octanol–water partition coefficient (Wildman–Crippen LogP) is 3.67. The van der Waals surface area contributed by atoms with Crippen molar-refractivity contribution in [2.45, 2.75) is 25.7 Å². The summed E-state index contributed by atoms with van der Waals surface area (Å²) in [6, 6.07) is 14.2. The zero-order valence-electron chi connectivity index (χ0n) is 13.2. The molecule has 24 heavy (non-hydrogen) atoms. The molecule has 0 spiro atoms. The molecule has 128 valence electrons. The molecule has 0 heterocycles. The van der Waals surface area contributed by atoms with E-state index in [0.717, 1.165) is 17.7 Å². The lowest BCUT2D eigenvalue weighted by Crippen LogP contribution is -2.34. The highest BCUT2D eigenvalue weighted by Crippen LogP contribution is 2.30. The summed E-state index contributed by atoms with van der Waals surface area (Å²) >= 11 is 0. The number of nitrogens with one attached hydrogen (secondary N) is 2. The predicted molar refractivity (Wildman–Crippen MR) is 86.2 cm³/mol. The summed E-state index contributed by atoms with van der Waals surface area (Å²) in [6.45, 7) is 2.17. The Morgan fingerprint density at radius 3 is 2.46 bits per heavy atom. The van der Waals surface area contributed by atoms with Crippen molar-refractivity contribution in [2.24, 2.45) is 0 Å². The molecule has 0 aliphatic heterocycles. The van der Waals surface area contributed by atoms with Gasteiger partial charge in [-0.25, -0.2) is 0 Å². The van der Waals surface area contributed by atoms with E-state index in [-0.39, 0.29) is 18.5 Å². The minimum absolute atomic E-state index is 0.0320. The molecule has 2 aromatic rings. The van der Waals surface area contributed by atoms with Gasteiger partial charge in [0.05, 0.1) is 12.1 Å². The minimum atomic E-state index is -4.37. The van der Waals surface area contributed by atoms with Gasteiger partial charge in [0.15, 0.2) is 0 Å². The lowest BCUT2D eigenvalue weighted by Gasteiger charge is -2.16. The highest BCUT2D eigenvalue weighted by Gasteiger charge is 2.30. The molecular formula is C18H19F3N2O. The molecule has 6 heteroatoms. The van der Waals surface area contributed by atoms with Gasteiger partial charge in [-0.2, -0.15) is 13.2 Å². The van der Waals surface area contributed by atoms with E-state index in [4.69, 9.17) is 0 Å². The summed E-state index contributed by atoms with van der Waals surface area (Å²) in [6.07, 6.45) is -4.37. The van der Waals surface area contributed by atoms with Crippen molar-refractivity contribution in [1.82, 2.24) is 10.6 Å². The fourth-order valence-electron chi connectivity index (χ4n) is 2.21. The van der Waals surface area contributed by atoms with Gasteiger partial charge in [-0.1, -0.05) is 42.5 Å². The second kappa shape index (κ2) is 7.97. The first-order valence-electron chi connectivity index (χ1n) is 7.57. The van der Waals surface area contributed by atoms with Crippen LogP contribution in [0.1, 0.15) is 29.7 Å². The van der Waals surface area contributed by atoms with Crippen LogP contribution in [-0.4, -0.2) is 12.5 Å². The average molecular weight is 336 g/mol. The van der Waals surface area contributed by atoms with Crippen LogP contribution in [0.15, 0.2) is 54.6 Å². The van der Waals surface area contributed by atoms with Crippen LogP contribution in [0.2, 0.25) is 0 Å². The van der Waals surface area contributed by atoms with E-state index in [1.54, 1.807) is 13.0 Å². The first-order chi connectivity index (χ1) is 11.4. The van der Waals surface area contributed by atoms with Crippen LogP contribution in [0.25, 0.3) is 0 Å². The van der Waals surface area contributed by atoms with Crippen molar-refractivity contribution < 1.29 is 18.0 Å². The number of alkyl halides is 3. The van der Waals surface area contributed by atoms with Gasteiger partial charge in [0, 0.05) is 12.6 Å². The molecule has 1 amide bonds. The van der Waals surface area contributed by atoms with Crippen LogP contribution in [0.4, 0.5) is 13.2 Å². The van der Waals surface area contributed by atoms with E-state index in [9.17, 15) is 18.0 Å². The van der Waals surface area contributed by atoms with E-state index in [0.29, 0.717) is 12.1 Å². The first kappa shape index (κ1) is 18.0. The van der Waals surface area contributed by atoms with Gasteiger partial charge < -0.3 is 10.6 Å². The Labute approximate surface area is 138 Å². The third kappa shape index (κ3) is 5.38. The van der Waals surface area contributed by atoms with Gasteiger partial charge in [0.2, 0.25) is 5.91 Å². The number of halogens is 3. The maximum atomic E-state index is 12.7. The highest BCUT2D eigenvalue weighted by molar-refractivity contribution is 5.78.